The Bertz CT molecular complexity index is 2260. The van der Waals surface area contributed by atoms with Gasteiger partial charge in [0.25, 0.3) is 11.8 Å². The van der Waals surface area contributed by atoms with E-state index in [1.165, 1.54) is 40.8 Å². The number of fused-ring (bicyclic) bond motifs is 3. The number of piperidine rings is 3. The zero-order valence-corrected chi connectivity index (χ0v) is 32.9. The second-order valence-corrected chi connectivity index (χ2v) is 17.5. The van der Waals surface area contributed by atoms with E-state index in [0.717, 1.165) is 69.5 Å². The number of aromatic hydroxyl groups is 1. The molecule has 6 aliphatic rings. The Morgan fingerprint density at radius 1 is 0.638 bits per heavy atom. The van der Waals surface area contributed by atoms with Gasteiger partial charge in [0.15, 0.2) is 0 Å². The van der Waals surface area contributed by atoms with E-state index in [1.54, 1.807) is 4.90 Å². The van der Waals surface area contributed by atoms with Crippen LogP contribution in [0, 0.1) is 5.92 Å². The zero-order chi connectivity index (χ0) is 39.5. The summed E-state index contributed by atoms with van der Waals surface area (Å²) in [6, 6.07) is 29.4. The third-order valence-electron chi connectivity index (χ3n) is 14.1. The fourth-order valence-electron chi connectivity index (χ4n) is 11.0. The minimum atomic E-state index is -0.659. The molecule has 5 aliphatic heterocycles. The van der Waals surface area contributed by atoms with E-state index in [0.29, 0.717) is 41.7 Å². The lowest BCUT2D eigenvalue weighted by atomic mass is 9.69. The quantitative estimate of drug-likeness (QED) is 0.211. The van der Waals surface area contributed by atoms with Crippen molar-refractivity contribution in [2.75, 3.05) is 37.6 Å². The van der Waals surface area contributed by atoms with Gasteiger partial charge in [0.2, 0.25) is 11.8 Å². The summed E-state index contributed by atoms with van der Waals surface area (Å²) in [7, 11) is 0. The molecule has 0 bridgehead atoms. The van der Waals surface area contributed by atoms with Crippen LogP contribution in [0.5, 0.6) is 5.75 Å². The fourth-order valence-corrected chi connectivity index (χ4v) is 11.0. The molecule has 0 radical (unpaired) electrons. The van der Waals surface area contributed by atoms with E-state index >= 15 is 0 Å². The number of nitrogens with one attached hydrogen (secondary N) is 1. The lowest BCUT2D eigenvalue weighted by Gasteiger charge is -2.40. The number of phenolic OH excluding ortho intramolecular Hbond substituents is 1. The molecule has 0 aromatic heterocycles. The number of hydrogen-bond acceptors (Lipinski definition) is 7. The molecule has 2 N–H and O–H groups in total. The van der Waals surface area contributed by atoms with Gasteiger partial charge in [0.1, 0.15) is 11.8 Å². The van der Waals surface area contributed by atoms with Crippen molar-refractivity contribution in [1.29, 1.82) is 0 Å². The molecule has 10 nitrogen and oxygen atoms in total. The van der Waals surface area contributed by atoms with Gasteiger partial charge in [-0.2, -0.15) is 0 Å². The van der Waals surface area contributed by atoms with Gasteiger partial charge in [0.05, 0.1) is 0 Å². The normalized spacial score (nSPS) is 24.2. The van der Waals surface area contributed by atoms with Crippen molar-refractivity contribution < 1.29 is 24.3 Å². The Hall–Kier alpha value is -5.48. The molecule has 5 heterocycles. The van der Waals surface area contributed by atoms with E-state index in [1.807, 2.05) is 29.2 Å². The van der Waals surface area contributed by atoms with Crippen molar-refractivity contribution in [2.45, 2.75) is 88.4 Å². The summed E-state index contributed by atoms with van der Waals surface area (Å²) in [6.07, 6.45) is 6.81. The number of likely N-dealkylation sites (tertiary alicyclic amines) is 1. The predicted molar refractivity (Wildman–Crippen MR) is 221 cm³/mol. The van der Waals surface area contributed by atoms with Crippen LogP contribution >= 0.6 is 0 Å². The van der Waals surface area contributed by atoms with E-state index in [-0.39, 0.29) is 42.6 Å². The van der Waals surface area contributed by atoms with E-state index in [4.69, 9.17) is 0 Å². The monoisotopic (exact) mass is 777 g/mol. The molecular formula is C48H51N5O5. The summed E-state index contributed by atoms with van der Waals surface area (Å²) in [5.41, 5.74) is 9.51. The fraction of sp³-hybridized carbons (Fsp3) is 0.417. The number of imide groups is 1. The van der Waals surface area contributed by atoms with Crippen LogP contribution in [-0.2, 0) is 29.1 Å². The van der Waals surface area contributed by atoms with Crippen molar-refractivity contribution >= 4 is 29.3 Å². The van der Waals surface area contributed by atoms with E-state index in [9.17, 15) is 24.3 Å². The van der Waals surface area contributed by atoms with Crippen molar-refractivity contribution in [3.05, 3.63) is 129 Å². The van der Waals surface area contributed by atoms with Crippen LogP contribution in [0.4, 0.5) is 5.69 Å². The lowest BCUT2D eigenvalue weighted by molar-refractivity contribution is -0.136. The zero-order valence-electron chi connectivity index (χ0n) is 32.9. The first kappa shape index (κ1) is 36.8. The maximum Gasteiger partial charge on any atom is 0.255 e. The van der Waals surface area contributed by atoms with Crippen molar-refractivity contribution in [1.82, 2.24) is 20.0 Å². The van der Waals surface area contributed by atoms with Gasteiger partial charge in [-0.25, -0.2) is 0 Å². The number of phenols is 1. The maximum atomic E-state index is 13.7. The number of carbonyl (C=O) groups excluding carboxylic acids is 4. The molecule has 3 saturated heterocycles. The molecule has 0 saturated carbocycles. The molecule has 1 aliphatic carbocycles. The molecule has 298 valence electrons. The van der Waals surface area contributed by atoms with Crippen molar-refractivity contribution in [3.8, 4) is 5.75 Å². The highest BCUT2D eigenvalue weighted by Gasteiger charge is 2.42. The Morgan fingerprint density at radius 3 is 2.03 bits per heavy atom. The predicted octanol–water partition coefficient (Wildman–Crippen LogP) is 6.35. The first-order chi connectivity index (χ1) is 28.3. The first-order valence-electron chi connectivity index (χ1n) is 21.3. The summed E-state index contributed by atoms with van der Waals surface area (Å²) in [5.74, 6) is 0.771. The largest absolute Gasteiger partial charge is 0.508 e. The first-order valence-corrected chi connectivity index (χ1v) is 21.3. The highest BCUT2D eigenvalue weighted by atomic mass is 16.3. The van der Waals surface area contributed by atoms with Crippen LogP contribution < -0.4 is 10.2 Å². The van der Waals surface area contributed by atoms with Gasteiger partial charge < -0.3 is 24.7 Å². The second-order valence-electron chi connectivity index (χ2n) is 17.5. The number of rotatable bonds is 7. The van der Waals surface area contributed by atoms with Gasteiger partial charge >= 0.3 is 0 Å². The topological polar surface area (TPSA) is 114 Å². The third-order valence-corrected chi connectivity index (χ3v) is 14.1. The van der Waals surface area contributed by atoms with Crippen molar-refractivity contribution in [3.63, 3.8) is 0 Å². The summed E-state index contributed by atoms with van der Waals surface area (Å²) in [5, 5.41) is 12.6. The number of anilines is 1. The molecule has 58 heavy (non-hydrogen) atoms. The summed E-state index contributed by atoms with van der Waals surface area (Å²) >= 11 is 0. The van der Waals surface area contributed by atoms with Crippen LogP contribution in [0.15, 0.2) is 84.9 Å². The molecule has 10 rings (SSSR count). The van der Waals surface area contributed by atoms with Crippen LogP contribution in [-0.4, -0.2) is 88.2 Å². The van der Waals surface area contributed by atoms with Gasteiger partial charge in [-0.05, 0) is 127 Å². The molecular weight excluding hydrogens is 727 g/mol. The smallest absolute Gasteiger partial charge is 0.255 e. The molecule has 3 fully saturated rings. The number of benzene rings is 4. The summed E-state index contributed by atoms with van der Waals surface area (Å²) in [6.45, 7) is 5.97. The number of amides is 4. The van der Waals surface area contributed by atoms with Crippen LogP contribution in [0.1, 0.15) is 111 Å². The highest BCUT2D eigenvalue weighted by molar-refractivity contribution is 6.07. The van der Waals surface area contributed by atoms with Gasteiger partial charge in [-0.1, -0.05) is 48.5 Å². The maximum absolute atomic E-state index is 13.7. The summed E-state index contributed by atoms with van der Waals surface area (Å²) in [4.78, 5) is 60.0. The van der Waals surface area contributed by atoms with E-state index in [2.05, 4.69) is 75.8 Å². The average Bonchev–Trinajstić information content (AvgIpc) is 3.74. The molecule has 10 heteroatoms. The van der Waals surface area contributed by atoms with Crippen LogP contribution in [0.25, 0.3) is 0 Å². The van der Waals surface area contributed by atoms with Crippen molar-refractivity contribution in [2.24, 2.45) is 5.92 Å². The Morgan fingerprint density at radius 2 is 1.33 bits per heavy atom. The molecule has 4 aromatic carbocycles. The minimum absolute atomic E-state index is 0.0448. The van der Waals surface area contributed by atoms with E-state index < -0.39 is 11.9 Å². The second kappa shape index (κ2) is 15.0. The standard InChI is InChI=1S/C48H51N5O5/c54-38-11-13-40-33(24-38)8-12-39(31-4-2-1-3-5-31)45(40)32-6-9-36(10-7-32)51-22-16-30(17-23-51)27-50-20-18-37(19-21-50)52-28-34-25-42-35(26-41(34)47(52)57)29-53(48(42)58)43-14-15-44(55)49-46(43)56/h1-7,9-11,13,24-26,30,37,39,43,45,54H,8,12,14-23,27-29H2,(H,49,55,56)/t39-,43?,45+/m1/s1. The molecule has 0 spiro atoms. The molecule has 1 unspecified atom stereocenters. The van der Waals surface area contributed by atoms with Crippen LogP contribution in [0.3, 0.4) is 0 Å². The number of hydrogen-bond donors (Lipinski definition) is 2. The Kier molecular flexibility index (Phi) is 9.55. The van der Waals surface area contributed by atoms with Crippen LogP contribution in [0.2, 0.25) is 0 Å². The highest BCUT2D eigenvalue weighted by Crippen LogP contribution is 2.47. The minimum Gasteiger partial charge on any atom is -0.508 e. The Labute approximate surface area is 339 Å². The average molecular weight is 778 g/mol. The lowest BCUT2D eigenvalue weighted by Crippen LogP contribution is -2.52. The molecule has 4 amide bonds. The van der Waals surface area contributed by atoms with Gasteiger partial charge in [0, 0.05) is 81.0 Å². The Balaban J connectivity index is 0.721. The molecule has 3 atom stereocenters. The summed E-state index contributed by atoms with van der Waals surface area (Å²) < 4.78 is 0. The van der Waals surface area contributed by atoms with Gasteiger partial charge in [-0.15, -0.1) is 0 Å². The third kappa shape index (κ3) is 6.75. The SMILES string of the molecule is O=C1CCC(N2Cc3cc4c(cc3C2=O)CN(C2CCN(CC3CCN(c5ccc([C@@H]6c7ccc(O)cc7CC[C@@H]6c6ccccc6)cc5)CC3)CC2)C4=O)C(=O)N1. The number of carbonyl (C=O) groups is 4. The van der Waals surface area contributed by atoms with Gasteiger partial charge in [-0.3, -0.25) is 24.5 Å². The number of nitrogens with zero attached hydrogens (tertiary/aromatic N) is 4. The number of aryl methyl sites for hydroxylation is 1. The molecule has 4 aromatic rings.